The Morgan fingerprint density at radius 2 is 1.55 bits per heavy atom. The van der Waals surface area contributed by atoms with Gasteiger partial charge in [-0.2, -0.15) is 15.8 Å². The zero-order valence-electron chi connectivity index (χ0n) is 10.1. The summed E-state index contributed by atoms with van der Waals surface area (Å²) in [6.45, 7) is 0. The standard InChI is InChI=1S/C14H7N5S/c15-5-8-1-3-9(4-2-8)12-10(6-16)13(18)19-14(20)11(12)7-17/h1-4H,(H3,18,19,20). The van der Waals surface area contributed by atoms with Crippen LogP contribution in [0, 0.1) is 34.0 Å². The van der Waals surface area contributed by atoms with E-state index in [0.29, 0.717) is 16.7 Å². The molecule has 5 nitrogen and oxygen atoms in total. The van der Waals surface area contributed by atoms with Gasteiger partial charge in [-0.1, -0.05) is 12.1 Å². The van der Waals surface area contributed by atoms with Gasteiger partial charge in [0.05, 0.1) is 17.2 Å². The highest BCUT2D eigenvalue weighted by Crippen LogP contribution is 2.33. The lowest BCUT2D eigenvalue weighted by atomic mass is 9.96. The fraction of sp³-hybridized carbons (Fsp3) is 0. The monoisotopic (exact) mass is 277 g/mol. The van der Waals surface area contributed by atoms with Gasteiger partial charge in [-0.25, -0.2) is 4.98 Å². The van der Waals surface area contributed by atoms with Gasteiger partial charge in [-0.05, 0) is 17.7 Å². The van der Waals surface area contributed by atoms with Crippen molar-refractivity contribution in [3.63, 3.8) is 0 Å². The molecule has 0 saturated heterocycles. The Kier molecular flexibility index (Phi) is 3.57. The summed E-state index contributed by atoms with van der Waals surface area (Å²) in [7, 11) is 0. The molecule has 0 atom stereocenters. The molecule has 0 spiro atoms. The maximum absolute atomic E-state index is 9.23. The largest absolute Gasteiger partial charge is 0.383 e. The summed E-state index contributed by atoms with van der Waals surface area (Å²) in [5, 5.41) is 27.4. The molecular formula is C14H7N5S. The van der Waals surface area contributed by atoms with E-state index in [0.717, 1.165) is 0 Å². The lowest BCUT2D eigenvalue weighted by Crippen LogP contribution is -2.02. The number of nitriles is 3. The third-order valence-electron chi connectivity index (χ3n) is 2.73. The van der Waals surface area contributed by atoms with Gasteiger partial charge in [-0.3, -0.25) is 0 Å². The van der Waals surface area contributed by atoms with Crippen molar-refractivity contribution < 1.29 is 0 Å². The Labute approximate surface area is 120 Å². The number of rotatable bonds is 1. The van der Waals surface area contributed by atoms with Gasteiger partial charge < -0.3 is 5.73 Å². The topological polar surface area (TPSA) is 110 Å². The zero-order valence-corrected chi connectivity index (χ0v) is 11.0. The van der Waals surface area contributed by atoms with E-state index in [-0.39, 0.29) is 22.0 Å². The molecule has 2 rings (SSSR count). The molecule has 1 heterocycles. The molecule has 2 aromatic rings. The number of hydrogen-bond donors (Lipinski definition) is 2. The Morgan fingerprint density at radius 3 is 2.05 bits per heavy atom. The number of benzene rings is 1. The average molecular weight is 277 g/mol. The van der Waals surface area contributed by atoms with Crippen molar-refractivity contribution in [2.45, 2.75) is 5.03 Å². The first kappa shape index (κ1) is 13.4. The van der Waals surface area contributed by atoms with Crippen molar-refractivity contribution in [1.82, 2.24) is 4.98 Å². The van der Waals surface area contributed by atoms with Crippen molar-refractivity contribution in [3.8, 4) is 29.3 Å². The highest BCUT2D eigenvalue weighted by molar-refractivity contribution is 7.80. The van der Waals surface area contributed by atoms with Gasteiger partial charge in [0.15, 0.2) is 0 Å². The molecule has 20 heavy (non-hydrogen) atoms. The maximum atomic E-state index is 9.23. The summed E-state index contributed by atoms with van der Waals surface area (Å²) >= 11 is 4.12. The van der Waals surface area contributed by atoms with Gasteiger partial charge in [-0.15, -0.1) is 12.6 Å². The minimum Gasteiger partial charge on any atom is -0.383 e. The van der Waals surface area contributed by atoms with Crippen molar-refractivity contribution in [1.29, 1.82) is 15.8 Å². The minimum atomic E-state index is 0.0239. The third-order valence-corrected chi connectivity index (χ3v) is 3.06. The molecule has 0 unspecified atom stereocenters. The first-order valence-corrected chi connectivity index (χ1v) is 5.90. The van der Waals surface area contributed by atoms with E-state index in [1.54, 1.807) is 24.3 Å². The van der Waals surface area contributed by atoms with Gasteiger partial charge in [0, 0.05) is 5.56 Å². The van der Waals surface area contributed by atoms with Crippen LogP contribution in [0.25, 0.3) is 11.1 Å². The molecule has 1 aromatic heterocycles. The molecule has 0 aliphatic carbocycles. The summed E-state index contributed by atoms with van der Waals surface area (Å²) in [5.41, 5.74) is 7.50. The number of thiol groups is 1. The third kappa shape index (κ3) is 2.14. The maximum Gasteiger partial charge on any atom is 0.143 e. The van der Waals surface area contributed by atoms with E-state index >= 15 is 0 Å². The average Bonchev–Trinajstić information content (AvgIpc) is 2.46. The van der Waals surface area contributed by atoms with E-state index in [1.165, 1.54) is 0 Å². The second kappa shape index (κ2) is 5.32. The lowest BCUT2D eigenvalue weighted by Gasteiger charge is -2.10. The Balaban J connectivity index is 2.82. The number of aromatic nitrogens is 1. The summed E-state index contributed by atoms with van der Waals surface area (Å²) in [6.07, 6.45) is 0. The van der Waals surface area contributed by atoms with E-state index in [2.05, 4.69) is 17.6 Å². The van der Waals surface area contributed by atoms with Gasteiger partial charge in [0.1, 0.15) is 28.5 Å². The second-order valence-corrected chi connectivity index (χ2v) is 4.28. The number of hydrogen-bond acceptors (Lipinski definition) is 6. The Morgan fingerprint density at radius 1 is 0.950 bits per heavy atom. The highest BCUT2D eigenvalue weighted by atomic mass is 32.1. The first-order valence-electron chi connectivity index (χ1n) is 5.45. The van der Waals surface area contributed by atoms with Crippen LogP contribution in [0.3, 0.4) is 0 Å². The normalized spacial score (nSPS) is 9.30. The second-order valence-electron chi connectivity index (χ2n) is 3.86. The van der Waals surface area contributed by atoms with Crippen molar-refractivity contribution in [2.75, 3.05) is 5.73 Å². The zero-order chi connectivity index (χ0) is 14.7. The molecule has 1 aromatic carbocycles. The lowest BCUT2D eigenvalue weighted by molar-refractivity contribution is 1.12. The smallest absolute Gasteiger partial charge is 0.143 e. The molecule has 0 radical (unpaired) electrons. The summed E-state index contributed by atoms with van der Waals surface area (Å²) < 4.78 is 0. The van der Waals surface area contributed by atoms with E-state index in [4.69, 9.17) is 11.0 Å². The molecule has 6 heteroatoms. The van der Waals surface area contributed by atoms with Crippen LogP contribution in [-0.4, -0.2) is 4.98 Å². The Bertz CT molecular complexity index is 766. The molecule has 0 amide bonds. The molecule has 0 fully saturated rings. The van der Waals surface area contributed by atoms with Crippen LogP contribution in [0.4, 0.5) is 5.82 Å². The molecule has 2 N–H and O–H groups in total. The summed E-state index contributed by atoms with van der Waals surface area (Å²) in [6, 6.07) is 12.5. The van der Waals surface area contributed by atoms with Crippen molar-refractivity contribution >= 4 is 18.4 Å². The predicted molar refractivity (Wildman–Crippen MR) is 75.5 cm³/mol. The van der Waals surface area contributed by atoms with E-state index in [9.17, 15) is 10.5 Å². The highest BCUT2D eigenvalue weighted by Gasteiger charge is 2.18. The van der Waals surface area contributed by atoms with Gasteiger partial charge in [0.25, 0.3) is 0 Å². The van der Waals surface area contributed by atoms with Gasteiger partial charge in [0.2, 0.25) is 0 Å². The van der Waals surface area contributed by atoms with E-state index in [1.807, 2.05) is 18.2 Å². The fourth-order valence-electron chi connectivity index (χ4n) is 1.81. The van der Waals surface area contributed by atoms with Crippen LogP contribution in [0.2, 0.25) is 0 Å². The van der Waals surface area contributed by atoms with Gasteiger partial charge >= 0.3 is 0 Å². The number of nitrogens with zero attached hydrogens (tertiary/aromatic N) is 4. The minimum absolute atomic E-state index is 0.0239. The summed E-state index contributed by atoms with van der Waals surface area (Å²) in [4.78, 5) is 3.88. The van der Waals surface area contributed by atoms with Crippen LogP contribution in [0.15, 0.2) is 29.3 Å². The van der Waals surface area contributed by atoms with Crippen LogP contribution < -0.4 is 5.73 Å². The molecule has 94 valence electrons. The molecule has 0 bridgehead atoms. The van der Waals surface area contributed by atoms with Crippen LogP contribution in [0.1, 0.15) is 16.7 Å². The number of nitrogen functional groups attached to an aromatic ring is 1. The number of nitrogens with two attached hydrogens (primary N) is 1. The van der Waals surface area contributed by atoms with Crippen molar-refractivity contribution in [3.05, 3.63) is 41.0 Å². The first-order chi connectivity index (χ1) is 9.62. The SMILES string of the molecule is N#Cc1ccc(-c2c(C#N)c(N)nc(S)c2C#N)cc1. The van der Waals surface area contributed by atoms with Crippen LogP contribution in [0.5, 0.6) is 0 Å². The Hall–Kier alpha value is -3.01. The van der Waals surface area contributed by atoms with Crippen LogP contribution in [-0.2, 0) is 0 Å². The quantitative estimate of drug-likeness (QED) is 0.776. The summed E-state index contributed by atoms with van der Waals surface area (Å²) in [5.74, 6) is 0.0239. The molecule has 0 aliphatic heterocycles. The van der Waals surface area contributed by atoms with Crippen LogP contribution >= 0.6 is 12.6 Å². The van der Waals surface area contributed by atoms with E-state index < -0.39 is 0 Å². The fourth-order valence-corrected chi connectivity index (χ4v) is 2.08. The molecule has 0 saturated carbocycles. The number of pyridine rings is 1. The molecule has 0 aliphatic rings. The predicted octanol–water partition coefficient (Wildman–Crippen LogP) is 2.23. The van der Waals surface area contributed by atoms with Crippen molar-refractivity contribution in [2.24, 2.45) is 0 Å². The number of anilines is 1. The molecular weight excluding hydrogens is 270 g/mol.